The Hall–Kier alpha value is 0.110. The molecule has 0 spiro atoms. The smallest absolute Gasteiger partial charge is 0.268 e. The fraction of sp³-hybridized carbons (Fsp3) is 0.500. The molecule has 0 heterocycles. The Bertz CT molecular complexity index is 64.6. The van der Waals surface area contributed by atoms with E-state index in [1.807, 2.05) is 0 Å². The van der Waals surface area contributed by atoms with Crippen LogP contribution in [-0.2, 0) is 4.79 Å². The van der Waals surface area contributed by atoms with Gasteiger partial charge in [0.1, 0.15) is 0 Å². The van der Waals surface area contributed by atoms with Crippen LogP contribution >= 0.6 is 24.2 Å². The molecule has 6 heavy (non-hydrogen) atoms. The van der Waals surface area contributed by atoms with E-state index in [-0.39, 0.29) is 0 Å². The third kappa shape index (κ3) is 2.35. The van der Waals surface area contributed by atoms with E-state index in [1.54, 1.807) is 0 Å². The Morgan fingerprint density at radius 3 is 2.17 bits per heavy atom. The lowest BCUT2D eigenvalue weighted by Gasteiger charge is -1.81. The number of carbonyl (C=O) groups is 1. The number of carbonyl (C=O) groups excluding carboxylic acids is 1. The van der Waals surface area contributed by atoms with Crippen molar-refractivity contribution in [2.75, 3.05) is 0 Å². The van der Waals surface area contributed by atoms with E-state index < -0.39 is 10.7 Å². The predicted molar refractivity (Wildman–Crippen MR) is 23.3 cm³/mol. The van der Waals surface area contributed by atoms with Crippen molar-refractivity contribution < 1.29 is 9.18 Å². The average molecular weight is 128 g/mol. The highest BCUT2D eigenvalue weighted by molar-refractivity contribution is 7.96. The van der Waals surface area contributed by atoms with Crippen molar-refractivity contribution in [3.63, 3.8) is 0 Å². The molecular weight excluding hydrogens is 127 g/mol. The lowest BCUT2D eigenvalue weighted by molar-refractivity contribution is -0.112. The van der Waals surface area contributed by atoms with Crippen LogP contribution in [0, 0.1) is 0 Å². The summed E-state index contributed by atoms with van der Waals surface area (Å²) in [6.07, 6.45) is 0. The Balaban J connectivity index is 3.26. The van der Waals surface area contributed by atoms with Crippen molar-refractivity contribution in [2.45, 2.75) is 5.63 Å². The van der Waals surface area contributed by atoms with Crippen molar-refractivity contribution in [3.05, 3.63) is 0 Å². The Morgan fingerprint density at radius 2 is 2.17 bits per heavy atom. The third-order valence-electron chi connectivity index (χ3n) is 0.178. The Labute approximate surface area is 44.9 Å². The molecular formula is C2HClFOS. The van der Waals surface area contributed by atoms with Crippen molar-refractivity contribution in [1.29, 1.82) is 0 Å². The van der Waals surface area contributed by atoms with E-state index in [0.717, 1.165) is 0 Å². The minimum atomic E-state index is -2.00. The summed E-state index contributed by atoms with van der Waals surface area (Å²) in [5.74, 6) is 0. The van der Waals surface area contributed by atoms with Crippen molar-refractivity contribution in [3.8, 4) is 0 Å². The van der Waals surface area contributed by atoms with Gasteiger partial charge in [0, 0.05) is 0 Å². The van der Waals surface area contributed by atoms with Crippen LogP contribution in [0.5, 0.6) is 0 Å². The maximum Gasteiger partial charge on any atom is 0.268 e. The molecule has 0 amide bonds. The van der Waals surface area contributed by atoms with Gasteiger partial charge in [-0.2, -0.15) is 0 Å². The number of rotatable bonds is 1. The maximum atomic E-state index is 11.1. The molecule has 35 valence electrons. The molecule has 0 aliphatic carbocycles. The highest BCUT2D eigenvalue weighted by Crippen LogP contribution is 1.99. The zero-order valence-electron chi connectivity index (χ0n) is 2.65. The van der Waals surface area contributed by atoms with Crippen LogP contribution in [-0.4, -0.2) is 10.7 Å². The molecule has 0 rings (SSSR count). The summed E-state index contributed by atoms with van der Waals surface area (Å²) in [4.78, 5) is 9.45. The summed E-state index contributed by atoms with van der Waals surface area (Å²) in [7, 11) is 0. The second kappa shape index (κ2) is 2.31. The summed E-state index contributed by atoms with van der Waals surface area (Å²) in [6.45, 7) is 0. The molecule has 0 aliphatic heterocycles. The highest BCUT2D eigenvalue weighted by atomic mass is 35.5. The molecule has 0 aliphatic rings. The number of hydrogen-bond acceptors (Lipinski definition) is 1. The van der Waals surface area contributed by atoms with E-state index >= 15 is 0 Å². The normalized spacial score (nSPS) is 13.7. The summed E-state index contributed by atoms with van der Waals surface area (Å²) in [6, 6.07) is 0. The zero-order chi connectivity index (χ0) is 5.15. The molecule has 0 aromatic rings. The van der Waals surface area contributed by atoms with Gasteiger partial charge in [-0.1, -0.05) is 11.6 Å². The van der Waals surface area contributed by atoms with Crippen LogP contribution in [0.1, 0.15) is 0 Å². The number of halogens is 2. The molecule has 1 radical (unpaired) electrons. The van der Waals surface area contributed by atoms with Crippen LogP contribution in [0.2, 0.25) is 0 Å². The van der Waals surface area contributed by atoms with Crippen molar-refractivity contribution in [2.24, 2.45) is 0 Å². The SMILES string of the molecule is O=C([S])C(F)Cl. The fourth-order valence-corrected chi connectivity index (χ4v) is 0. The number of alkyl halides is 2. The molecule has 1 atom stereocenters. The second-order valence-corrected chi connectivity index (χ2v) is 1.41. The zero-order valence-corrected chi connectivity index (χ0v) is 4.22. The molecule has 1 nitrogen and oxygen atoms in total. The quantitative estimate of drug-likeness (QED) is 0.485. The van der Waals surface area contributed by atoms with Crippen LogP contribution in [0.4, 0.5) is 4.39 Å². The molecule has 0 fully saturated rings. The standard InChI is InChI=1S/C2HClFOS/c3-1(4)2(5)6/h1H. The van der Waals surface area contributed by atoms with E-state index in [1.165, 1.54) is 0 Å². The molecule has 0 aromatic carbocycles. The fourth-order valence-electron chi connectivity index (χ4n) is 0. The van der Waals surface area contributed by atoms with Gasteiger partial charge in [0.25, 0.3) is 5.12 Å². The van der Waals surface area contributed by atoms with Gasteiger partial charge < -0.3 is 0 Å². The summed E-state index contributed by atoms with van der Waals surface area (Å²) in [5, 5.41) is -1.06. The van der Waals surface area contributed by atoms with Crippen LogP contribution in [0.3, 0.4) is 0 Å². The van der Waals surface area contributed by atoms with Crippen LogP contribution in [0.15, 0.2) is 0 Å². The van der Waals surface area contributed by atoms with Gasteiger partial charge in [-0.25, -0.2) is 4.39 Å². The Kier molecular flexibility index (Phi) is 2.35. The van der Waals surface area contributed by atoms with E-state index in [9.17, 15) is 9.18 Å². The first-order valence-corrected chi connectivity index (χ1v) is 1.98. The molecule has 0 N–H and O–H groups in total. The van der Waals surface area contributed by atoms with Gasteiger partial charge >= 0.3 is 0 Å². The molecule has 0 bridgehead atoms. The second-order valence-electron chi connectivity index (χ2n) is 0.620. The molecule has 4 heteroatoms. The molecule has 0 saturated carbocycles. The van der Waals surface area contributed by atoms with Gasteiger partial charge in [0.05, 0.1) is 0 Å². The summed E-state index contributed by atoms with van der Waals surface area (Å²) < 4.78 is 11.1. The first kappa shape index (κ1) is 6.11. The maximum absolute atomic E-state index is 11.1. The molecule has 1 unspecified atom stereocenters. The van der Waals surface area contributed by atoms with Gasteiger partial charge in [-0.3, -0.25) is 4.79 Å². The van der Waals surface area contributed by atoms with Crippen LogP contribution < -0.4 is 0 Å². The highest BCUT2D eigenvalue weighted by Gasteiger charge is 2.06. The first-order chi connectivity index (χ1) is 2.64. The van der Waals surface area contributed by atoms with Gasteiger partial charge in [-0.05, 0) is 12.6 Å². The average Bonchev–Trinajstić information content (AvgIpc) is 1.36. The van der Waals surface area contributed by atoms with Crippen LogP contribution in [0.25, 0.3) is 0 Å². The minimum Gasteiger partial charge on any atom is -0.277 e. The van der Waals surface area contributed by atoms with Crippen molar-refractivity contribution in [1.82, 2.24) is 0 Å². The molecule has 0 aromatic heterocycles. The van der Waals surface area contributed by atoms with E-state index in [4.69, 9.17) is 0 Å². The monoisotopic (exact) mass is 127 g/mol. The van der Waals surface area contributed by atoms with Gasteiger partial charge in [0.15, 0.2) is 0 Å². The topological polar surface area (TPSA) is 17.1 Å². The minimum absolute atomic E-state index is 1.06. The lowest BCUT2D eigenvalue weighted by atomic mass is 10.9. The van der Waals surface area contributed by atoms with Gasteiger partial charge in [-0.15, -0.1) is 0 Å². The van der Waals surface area contributed by atoms with E-state index in [0.29, 0.717) is 0 Å². The Morgan fingerprint density at radius 1 is 2.00 bits per heavy atom. The van der Waals surface area contributed by atoms with Gasteiger partial charge in [0.2, 0.25) is 5.63 Å². The third-order valence-corrected chi connectivity index (χ3v) is 0.713. The summed E-state index contributed by atoms with van der Waals surface area (Å²) in [5.41, 5.74) is -2.00. The number of hydrogen-bond donors (Lipinski definition) is 0. The first-order valence-electron chi connectivity index (χ1n) is 1.13. The predicted octanol–water partition coefficient (Wildman–Crippen LogP) is 1.24. The lowest BCUT2D eigenvalue weighted by Crippen LogP contribution is -1.97. The largest absolute Gasteiger partial charge is 0.277 e. The van der Waals surface area contributed by atoms with Crippen molar-refractivity contribution >= 4 is 29.3 Å². The molecule has 0 saturated heterocycles. The summed E-state index contributed by atoms with van der Waals surface area (Å²) >= 11 is 8.25. The van der Waals surface area contributed by atoms with E-state index in [2.05, 4.69) is 24.2 Å².